The van der Waals surface area contributed by atoms with Gasteiger partial charge in [0, 0.05) is 5.69 Å². The summed E-state index contributed by atoms with van der Waals surface area (Å²) in [5.41, 5.74) is 0.446. The highest BCUT2D eigenvalue weighted by Gasteiger charge is 2.60. The number of halogens is 2. The Morgan fingerprint density at radius 3 is 2.48 bits per heavy atom. The number of rotatable bonds is 3. The molecule has 1 aromatic carbocycles. The Morgan fingerprint density at radius 1 is 1.07 bits per heavy atom. The van der Waals surface area contributed by atoms with Crippen LogP contribution in [-0.2, 0) is 28.4 Å². The van der Waals surface area contributed by atoms with Crippen LogP contribution in [0.4, 0.5) is 10.5 Å². The molecule has 3 unspecified atom stereocenters. The number of hydrogen-bond acceptors (Lipinski definition) is 7. The van der Waals surface area contributed by atoms with Crippen molar-refractivity contribution >= 4 is 35.0 Å². The molecular weight excluding hydrogens is 425 g/mol. The molecule has 0 radical (unpaired) electrons. The molecule has 1 aromatic rings. The largest absolute Gasteiger partial charge is 0.440 e. The van der Waals surface area contributed by atoms with E-state index in [4.69, 9.17) is 51.6 Å². The highest BCUT2D eigenvalue weighted by atomic mass is 35.5. The number of carbonyl (C=O) groups excluding carboxylic acids is 1. The van der Waals surface area contributed by atoms with Gasteiger partial charge >= 0.3 is 6.09 Å². The minimum Gasteiger partial charge on any atom is -0.440 e. The average Bonchev–Trinajstić information content (AvgIpc) is 3.21. The topological polar surface area (TPSA) is 84.5 Å². The van der Waals surface area contributed by atoms with E-state index in [1.54, 1.807) is 26.0 Å². The van der Waals surface area contributed by atoms with E-state index in [0.29, 0.717) is 22.3 Å². The maximum atomic E-state index is 12.6. The van der Waals surface area contributed by atoms with E-state index in [2.05, 4.69) is 5.32 Å². The lowest BCUT2D eigenvalue weighted by atomic mass is 10.1. The molecule has 3 aliphatic heterocycles. The van der Waals surface area contributed by atoms with Gasteiger partial charge in [-0.05, 0) is 45.9 Å². The summed E-state index contributed by atoms with van der Waals surface area (Å²) in [7, 11) is 0. The molecule has 0 aromatic heterocycles. The highest BCUT2D eigenvalue weighted by molar-refractivity contribution is 6.42. The van der Waals surface area contributed by atoms with Crippen LogP contribution in [0.25, 0.3) is 0 Å². The van der Waals surface area contributed by atoms with Gasteiger partial charge in [0.15, 0.2) is 30.1 Å². The quantitative estimate of drug-likeness (QED) is 0.750. The Hall–Kier alpha value is -1.13. The van der Waals surface area contributed by atoms with Gasteiger partial charge in [0.25, 0.3) is 0 Å². The van der Waals surface area contributed by atoms with Crippen LogP contribution in [0.15, 0.2) is 18.2 Å². The monoisotopic (exact) mass is 447 g/mol. The smallest absolute Gasteiger partial charge is 0.412 e. The number of benzene rings is 1. The van der Waals surface area contributed by atoms with E-state index in [0.717, 1.165) is 0 Å². The van der Waals surface area contributed by atoms with Crippen LogP contribution in [0, 0.1) is 0 Å². The van der Waals surface area contributed by atoms with E-state index < -0.39 is 48.4 Å². The molecule has 0 bridgehead atoms. The predicted octanol–water partition coefficient (Wildman–Crippen LogP) is 3.94. The van der Waals surface area contributed by atoms with Gasteiger partial charge in [-0.1, -0.05) is 23.2 Å². The van der Waals surface area contributed by atoms with E-state index in [-0.39, 0.29) is 0 Å². The zero-order valence-electron chi connectivity index (χ0n) is 16.4. The Bertz CT molecular complexity index is 803. The van der Waals surface area contributed by atoms with Gasteiger partial charge < -0.3 is 28.4 Å². The zero-order chi connectivity index (χ0) is 21.0. The summed E-state index contributed by atoms with van der Waals surface area (Å²) in [6.07, 6.45) is -3.76. The fourth-order valence-corrected chi connectivity index (χ4v) is 3.96. The minimum atomic E-state index is -0.853. The maximum absolute atomic E-state index is 12.6. The number of ether oxygens (including phenoxy) is 6. The molecule has 0 spiro atoms. The summed E-state index contributed by atoms with van der Waals surface area (Å²) in [6, 6.07) is 4.74. The second kappa shape index (κ2) is 7.53. The Kier molecular flexibility index (Phi) is 5.48. The van der Waals surface area contributed by atoms with E-state index in [1.807, 2.05) is 13.8 Å². The number of anilines is 1. The van der Waals surface area contributed by atoms with Crippen molar-refractivity contribution in [2.24, 2.45) is 0 Å². The summed E-state index contributed by atoms with van der Waals surface area (Å²) in [6.45, 7) is 7.47. The van der Waals surface area contributed by atoms with Crippen molar-refractivity contribution in [1.82, 2.24) is 0 Å². The number of hydrogen-bond donors (Lipinski definition) is 1. The first-order chi connectivity index (χ1) is 13.5. The van der Waals surface area contributed by atoms with Crippen molar-refractivity contribution in [3.63, 3.8) is 0 Å². The van der Waals surface area contributed by atoms with Crippen LogP contribution in [0.3, 0.4) is 0 Å². The minimum absolute atomic E-state index is 0.300. The van der Waals surface area contributed by atoms with Gasteiger partial charge in [-0.25, -0.2) is 4.79 Å². The van der Waals surface area contributed by atoms with Crippen molar-refractivity contribution in [3.8, 4) is 0 Å². The molecule has 1 amide bonds. The second-order valence-corrected chi connectivity index (χ2v) is 8.87. The van der Waals surface area contributed by atoms with Gasteiger partial charge in [-0.15, -0.1) is 0 Å². The summed E-state index contributed by atoms with van der Waals surface area (Å²) >= 11 is 11.9. The van der Waals surface area contributed by atoms with Crippen molar-refractivity contribution in [1.29, 1.82) is 0 Å². The number of fused-ring (bicyclic) bond motifs is 1. The molecular formula is C19H23Cl2NO7. The van der Waals surface area contributed by atoms with Crippen LogP contribution in [0.5, 0.6) is 0 Å². The van der Waals surface area contributed by atoms with Crippen molar-refractivity contribution in [2.45, 2.75) is 70.0 Å². The predicted molar refractivity (Wildman–Crippen MR) is 104 cm³/mol. The molecule has 29 heavy (non-hydrogen) atoms. The fourth-order valence-electron chi connectivity index (χ4n) is 3.66. The molecule has 0 aliphatic carbocycles. The Labute approximate surface area is 178 Å². The van der Waals surface area contributed by atoms with Crippen LogP contribution in [0.2, 0.25) is 10.0 Å². The molecule has 5 atom stereocenters. The van der Waals surface area contributed by atoms with Crippen LogP contribution in [-0.4, -0.2) is 55.0 Å². The van der Waals surface area contributed by atoms with Crippen molar-refractivity contribution in [2.75, 3.05) is 11.9 Å². The lowest BCUT2D eigenvalue weighted by molar-refractivity contribution is -0.231. The molecule has 3 aliphatic rings. The molecule has 8 nitrogen and oxygen atoms in total. The number of nitrogens with one attached hydrogen (secondary N) is 1. The summed E-state index contributed by atoms with van der Waals surface area (Å²) < 4.78 is 35.0. The Balaban J connectivity index is 1.49. The van der Waals surface area contributed by atoms with Gasteiger partial charge in [-0.3, -0.25) is 5.32 Å². The zero-order valence-corrected chi connectivity index (χ0v) is 18.0. The SMILES string of the molecule is CC1(C)OCC([C@H]2O[C@@H]3OC(C)(C)OC3C2OC(=O)Nc2ccc(Cl)c(Cl)c2)O1. The van der Waals surface area contributed by atoms with Crippen LogP contribution >= 0.6 is 23.2 Å². The Morgan fingerprint density at radius 2 is 1.83 bits per heavy atom. The maximum Gasteiger partial charge on any atom is 0.412 e. The third-order valence-electron chi connectivity index (χ3n) is 4.83. The number of carbonyl (C=O) groups is 1. The van der Waals surface area contributed by atoms with E-state index in [9.17, 15) is 4.79 Å². The van der Waals surface area contributed by atoms with Gasteiger partial charge in [0.1, 0.15) is 12.2 Å². The molecule has 3 heterocycles. The van der Waals surface area contributed by atoms with Gasteiger partial charge in [-0.2, -0.15) is 0 Å². The normalized spacial score (nSPS) is 34.8. The fraction of sp³-hybridized carbons (Fsp3) is 0.632. The summed E-state index contributed by atoms with van der Waals surface area (Å²) in [4.78, 5) is 12.6. The molecule has 3 fully saturated rings. The van der Waals surface area contributed by atoms with E-state index in [1.165, 1.54) is 6.07 Å². The third-order valence-corrected chi connectivity index (χ3v) is 5.57. The van der Waals surface area contributed by atoms with Crippen molar-refractivity contribution in [3.05, 3.63) is 28.2 Å². The lowest BCUT2D eigenvalue weighted by Gasteiger charge is -2.28. The highest BCUT2D eigenvalue weighted by Crippen LogP contribution is 2.42. The first-order valence-corrected chi connectivity index (χ1v) is 10.0. The number of amides is 1. The third kappa shape index (κ3) is 4.49. The molecule has 0 saturated carbocycles. The summed E-state index contributed by atoms with van der Waals surface area (Å²) in [5.74, 6) is -1.60. The molecule has 160 valence electrons. The van der Waals surface area contributed by atoms with Crippen LogP contribution < -0.4 is 5.32 Å². The standard InChI is InChI=1S/C19H23Cl2NO7/c1-18(2)24-8-12(27-18)13-14(15-16(25-13)29-19(3,4)28-15)26-17(23)22-9-5-6-10(20)11(21)7-9/h5-7,12-16H,8H2,1-4H3,(H,22,23)/t12?,13-,14?,15?,16-/m1/s1. The molecule has 3 saturated heterocycles. The first kappa shape index (κ1) is 21.1. The van der Waals surface area contributed by atoms with Gasteiger partial charge in [0.2, 0.25) is 0 Å². The molecule has 1 N–H and O–H groups in total. The first-order valence-electron chi connectivity index (χ1n) is 9.29. The molecule has 10 heteroatoms. The van der Waals surface area contributed by atoms with Crippen LogP contribution in [0.1, 0.15) is 27.7 Å². The molecule has 4 rings (SSSR count). The second-order valence-electron chi connectivity index (χ2n) is 8.06. The van der Waals surface area contributed by atoms with E-state index >= 15 is 0 Å². The van der Waals surface area contributed by atoms with Crippen molar-refractivity contribution < 1.29 is 33.2 Å². The lowest BCUT2D eigenvalue weighted by Crippen LogP contribution is -2.45. The summed E-state index contributed by atoms with van der Waals surface area (Å²) in [5, 5.41) is 3.34. The average molecular weight is 448 g/mol. The van der Waals surface area contributed by atoms with Gasteiger partial charge in [0.05, 0.1) is 16.7 Å².